The summed E-state index contributed by atoms with van der Waals surface area (Å²) in [6.07, 6.45) is 1.65. The summed E-state index contributed by atoms with van der Waals surface area (Å²) < 4.78 is 0. The van der Waals surface area contributed by atoms with Gasteiger partial charge in [0.2, 0.25) is 0 Å². The SMILES string of the molecule is C=CCN1C(=O)c2ccccc2C1(c1ccccc1O)c1ccccc1O. The van der Waals surface area contributed by atoms with Crippen molar-refractivity contribution in [3.63, 3.8) is 0 Å². The number of aromatic hydroxyl groups is 2. The Morgan fingerprint density at radius 3 is 1.81 bits per heavy atom. The van der Waals surface area contributed by atoms with Gasteiger partial charge < -0.3 is 15.1 Å². The largest absolute Gasteiger partial charge is 0.508 e. The Balaban J connectivity index is 2.19. The molecule has 4 heteroatoms. The number of para-hydroxylation sites is 2. The fourth-order valence-electron chi connectivity index (χ4n) is 4.06. The van der Waals surface area contributed by atoms with Crippen LogP contribution in [0.2, 0.25) is 0 Å². The maximum atomic E-state index is 13.3. The summed E-state index contributed by atoms with van der Waals surface area (Å²) in [5.41, 5.74) is 1.18. The molecule has 0 aliphatic carbocycles. The summed E-state index contributed by atoms with van der Waals surface area (Å²) >= 11 is 0. The summed E-state index contributed by atoms with van der Waals surface area (Å²) in [6, 6.07) is 21.2. The van der Waals surface area contributed by atoms with Crippen LogP contribution in [0.5, 0.6) is 11.5 Å². The molecular weight excluding hydrogens is 338 g/mol. The summed E-state index contributed by atoms with van der Waals surface area (Å²) in [7, 11) is 0. The molecule has 4 rings (SSSR count). The van der Waals surface area contributed by atoms with Crippen LogP contribution in [0.15, 0.2) is 85.5 Å². The van der Waals surface area contributed by atoms with Gasteiger partial charge in [-0.15, -0.1) is 6.58 Å². The highest BCUT2D eigenvalue weighted by atomic mass is 16.3. The highest BCUT2D eigenvalue weighted by Gasteiger charge is 2.53. The van der Waals surface area contributed by atoms with Crippen LogP contribution in [-0.4, -0.2) is 27.6 Å². The van der Waals surface area contributed by atoms with E-state index in [4.69, 9.17) is 0 Å². The molecule has 2 N–H and O–H groups in total. The maximum absolute atomic E-state index is 13.3. The normalized spacial score (nSPS) is 14.8. The van der Waals surface area contributed by atoms with Gasteiger partial charge in [0.05, 0.1) is 0 Å². The molecule has 27 heavy (non-hydrogen) atoms. The Bertz CT molecular complexity index is 996. The van der Waals surface area contributed by atoms with Crippen molar-refractivity contribution < 1.29 is 15.0 Å². The van der Waals surface area contributed by atoms with Gasteiger partial charge in [0.25, 0.3) is 5.91 Å². The van der Waals surface area contributed by atoms with Gasteiger partial charge >= 0.3 is 0 Å². The van der Waals surface area contributed by atoms with Crippen molar-refractivity contribution in [1.29, 1.82) is 0 Å². The minimum Gasteiger partial charge on any atom is -0.508 e. The topological polar surface area (TPSA) is 60.8 Å². The molecule has 0 atom stereocenters. The van der Waals surface area contributed by atoms with Gasteiger partial charge in [-0.25, -0.2) is 0 Å². The average Bonchev–Trinajstić information content (AvgIpc) is 2.93. The summed E-state index contributed by atoms with van der Waals surface area (Å²) in [5.74, 6) is -0.0596. The van der Waals surface area contributed by atoms with Crippen molar-refractivity contribution >= 4 is 5.91 Å². The third-order valence-electron chi connectivity index (χ3n) is 5.10. The van der Waals surface area contributed by atoms with Crippen LogP contribution in [0.25, 0.3) is 0 Å². The Morgan fingerprint density at radius 1 is 0.815 bits per heavy atom. The van der Waals surface area contributed by atoms with Crippen molar-refractivity contribution in [3.05, 3.63) is 108 Å². The second-order valence-corrected chi connectivity index (χ2v) is 6.49. The van der Waals surface area contributed by atoms with Gasteiger partial charge in [-0.05, 0) is 23.8 Å². The fourth-order valence-corrected chi connectivity index (χ4v) is 4.06. The van der Waals surface area contributed by atoms with E-state index in [2.05, 4.69) is 6.58 Å². The Labute approximate surface area is 157 Å². The molecule has 4 nitrogen and oxygen atoms in total. The fraction of sp³-hybridized carbons (Fsp3) is 0.0870. The molecule has 1 aliphatic heterocycles. The summed E-state index contributed by atoms with van der Waals surface area (Å²) in [6.45, 7) is 4.06. The summed E-state index contributed by atoms with van der Waals surface area (Å²) in [5, 5.41) is 21.5. The van der Waals surface area contributed by atoms with E-state index < -0.39 is 5.54 Å². The molecule has 3 aromatic rings. The number of fused-ring (bicyclic) bond motifs is 1. The number of hydrogen-bond donors (Lipinski definition) is 2. The van der Waals surface area contributed by atoms with Gasteiger partial charge in [0, 0.05) is 23.2 Å². The number of carbonyl (C=O) groups excluding carboxylic acids is 1. The molecule has 0 fully saturated rings. The maximum Gasteiger partial charge on any atom is 0.255 e. The van der Waals surface area contributed by atoms with Crippen LogP contribution in [0.1, 0.15) is 27.0 Å². The quantitative estimate of drug-likeness (QED) is 0.693. The molecule has 0 bridgehead atoms. The first kappa shape index (κ1) is 16.9. The van der Waals surface area contributed by atoms with E-state index in [0.29, 0.717) is 16.7 Å². The molecule has 0 saturated carbocycles. The van der Waals surface area contributed by atoms with Gasteiger partial charge in [0.15, 0.2) is 0 Å². The molecule has 0 saturated heterocycles. The van der Waals surface area contributed by atoms with Crippen LogP contribution < -0.4 is 0 Å². The van der Waals surface area contributed by atoms with Crippen molar-refractivity contribution in [2.75, 3.05) is 6.54 Å². The van der Waals surface area contributed by atoms with Gasteiger partial charge in [-0.1, -0.05) is 60.7 Å². The van der Waals surface area contributed by atoms with Crippen LogP contribution in [0.4, 0.5) is 0 Å². The number of hydrogen-bond acceptors (Lipinski definition) is 3. The Kier molecular flexibility index (Phi) is 3.96. The van der Waals surface area contributed by atoms with E-state index in [1.54, 1.807) is 53.4 Å². The average molecular weight is 357 g/mol. The monoisotopic (exact) mass is 357 g/mol. The van der Waals surface area contributed by atoms with Gasteiger partial charge in [0.1, 0.15) is 17.0 Å². The number of nitrogens with zero attached hydrogens (tertiary/aromatic N) is 1. The minimum atomic E-state index is -1.15. The number of benzene rings is 3. The Morgan fingerprint density at radius 2 is 1.30 bits per heavy atom. The molecule has 0 aromatic heterocycles. The first-order valence-corrected chi connectivity index (χ1v) is 8.71. The third-order valence-corrected chi connectivity index (χ3v) is 5.10. The molecule has 0 unspecified atom stereocenters. The van der Waals surface area contributed by atoms with Crippen LogP contribution in [0.3, 0.4) is 0 Å². The molecule has 134 valence electrons. The first-order valence-electron chi connectivity index (χ1n) is 8.71. The minimum absolute atomic E-state index is 0.0549. The second-order valence-electron chi connectivity index (χ2n) is 6.49. The molecule has 1 heterocycles. The van der Waals surface area contributed by atoms with E-state index in [-0.39, 0.29) is 24.0 Å². The lowest BCUT2D eigenvalue weighted by molar-refractivity contribution is 0.0700. The van der Waals surface area contributed by atoms with Crippen LogP contribution >= 0.6 is 0 Å². The molecule has 1 amide bonds. The van der Waals surface area contributed by atoms with E-state index in [1.807, 2.05) is 30.3 Å². The van der Waals surface area contributed by atoms with Gasteiger partial charge in [-0.3, -0.25) is 4.79 Å². The number of rotatable bonds is 4. The van der Waals surface area contributed by atoms with Crippen molar-refractivity contribution in [2.24, 2.45) is 0 Å². The van der Waals surface area contributed by atoms with E-state index in [9.17, 15) is 15.0 Å². The molecular formula is C23H19NO3. The number of phenolic OH excluding ortho intramolecular Hbond substituents is 2. The van der Waals surface area contributed by atoms with Crippen molar-refractivity contribution in [1.82, 2.24) is 4.90 Å². The zero-order valence-corrected chi connectivity index (χ0v) is 14.7. The molecule has 3 aromatic carbocycles. The standard InChI is InChI=1S/C23H19NO3/c1-2-15-24-22(27)16-9-3-4-10-17(16)23(24,18-11-5-7-13-20(18)25)19-12-6-8-14-21(19)26/h2-14,25-26H,1,15H2. The Hall–Kier alpha value is -3.53. The first-order chi connectivity index (χ1) is 13.1. The number of phenols is 2. The molecule has 0 radical (unpaired) electrons. The smallest absolute Gasteiger partial charge is 0.255 e. The predicted octanol–water partition coefficient (Wildman–Crippen LogP) is 4.03. The molecule has 1 aliphatic rings. The molecule has 0 spiro atoms. The predicted molar refractivity (Wildman–Crippen MR) is 104 cm³/mol. The van der Waals surface area contributed by atoms with E-state index in [0.717, 1.165) is 5.56 Å². The van der Waals surface area contributed by atoms with E-state index in [1.165, 1.54) is 0 Å². The third kappa shape index (κ3) is 2.27. The zero-order valence-electron chi connectivity index (χ0n) is 14.7. The highest BCUT2D eigenvalue weighted by Crippen LogP contribution is 2.53. The lowest BCUT2D eigenvalue weighted by Gasteiger charge is -2.40. The lowest BCUT2D eigenvalue weighted by Crippen LogP contribution is -2.45. The zero-order chi connectivity index (χ0) is 19.0. The second kappa shape index (κ2) is 6.32. The lowest BCUT2D eigenvalue weighted by atomic mass is 9.76. The summed E-state index contributed by atoms with van der Waals surface area (Å²) in [4.78, 5) is 14.9. The van der Waals surface area contributed by atoms with E-state index >= 15 is 0 Å². The number of amides is 1. The van der Waals surface area contributed by atoms with Crippen molar-refractivity contribution in [3.8, 4) is 11.5 Å². The van der Waals surface area contributed by atoms with Crippen molar-refractivity contribution in [2.45, 2.75) is 5.54 Å². The van der Waals surface area contributed by atoms with Gasteiger partial charge in [-0.2, -0.15) is 0 Å². The van der Waals surface area contributed by atoms with Crippen LogP contribution in [-0.2, 0) is 5.54 Å². The number of carbonyl (C=O) groups is 1. The van der Waals surface area contributed by atoms with Crippen LogP contribution in [0, 0.1) is 0 Å². The highest BCUT2D eigenvalue weighted by molar-refractivity contribution is 6.02.